The highest BCUT2D eigenvalue weighted by atomic mass is 16.2. The van der Waals surface area contributed by atoms with Gasteiger partial charge in [-0.15, -0.1) is 0 Å². The van der Waals surface area contributed by atoms with Gasteiger partial charge in [-0.1, -0.05) is 43.5 Å². The van der Waals surface area contributed by atoms with Gasteiger partial charge in [0.2, 0.25) is 0 Å². The van der Waals surface area contributed by atoms with Gasteiger partial charge in [0.05, 0.1) is 6.54 Å². The highest BCUT2D eigenvalue weighted by molar-refractivity contribution is 5.25. The third-order valence-corrected chi connectivity index (χ3v) is 4.81. The van der Waals surface area contributed by atoms with E-state index in [1.165, 1.54) is 37.7 Å². The lowest BCUT2D eigenvalue weighted by molar-refractivity contribution is 0.443. The van der Waals surface area contributed by atoms with Crippen LogP contribution in [0.3, 0.4) is 0 Å². The average Bonchev–Trinajstić information content (AvgIpc) is 2.82. The fraction of sp³-hybridized carbons (Fsp3) is 0.556. The summed E-state index contributed by atoms with van der Waals surface area (Å²) in [5.74, 6) is 1.51. The molecule has 3 rings (SSSR count). The fourth-order valence-corrected chi connectivity index (χ4v) is 3.52. The lowest BCUT2D eigenvalue weighted by Gasteiger charge is -2.22. The van der Waals surface area contributed by atoms with Crippen molar-refractivity contribution in [3.8, 4) is 0 Å². The van der Waals surface area contributed by atoms with Crippen molar-refractivity contribution in [2.45, 2.75) is 65.0 Å². The molecule has 4 heteroatoms. The number of rotatable bonds is 4. The van der Waals surface area contributed by atoms with E-state index in [-0.39, 0.29) is 5.69 Å². The highest BCUT2D eigenvalue weighted by Gasteiger charge is 2.15. The van der Waals surface area contributed by atoms with Crippen molar-refractivity contribution in [1.82, 2.24) is 14.3 Å². The molecule has 2 aromatic rings. The van der Waals surface area contributed by atoms with Crippen LogP contribution in [-0.4, -0.2) is 14.3 Å². The van der Waals surface area contributed by atoms with Gasteiger partial charge in [-0.3, -0.25) is 4.57 Å². The van der Waals surface area contributed by atoms with E-state index in [1.54, 1.807) is 9.25 Å². The van der Waals surface area contributed by atoms with E-state index in [4.69, 9.17) is 0 Å². The molecule has 0 atom stereocenters. The maximum Gasteiger partial charge on any atom is 0.346 e. The lowest BCUT2D eigenvalue weighted by atomic mass is 9.84. The van der Waals surface area contributed by atoms with Gasteiger partial charge in [-0.2, -0.15) is 5.10 Å². The Hall–Kier alpha value is -1.84. The number of aromatic nitrogens is 3. The maximum atomic E-state index is 12.2. The third kappa shape index (κ3) is 3.01. The number of hydrogen-bond donors (Lipinski definition) is 0. The summed E-state index contributed by atoms with van der Waals surface area (Å²) >= 11 is 0. The minimum Gasteiger partial charge on any atom is -0.279 e. The minimum atomic E-state index is -0.0173. The molecule has 1 heterocycles. The Bertz CT molecular complexity index is 675. The molecule has 1 fully saturated rings. The van der Waals surface area contributed by atoms with Crippen LogP contribution in [0.5, 0.6) is 0 Å². The van der Waals surface area contributed by atoms with E-state index in [1.807, 2.05) is 13.8 Å². The van der Waals surface area contributed by atoms with Gasteiger partial charge in [0, 0.05) is 6.54 Å². The second-order valence-corrected chi connectivity index (χ2v) is 6.31. The molecule has 1 aromatic carbocycles. The van der Waals surface area contributed by atoms with Crippen LogP contribution in [0, 0.1) is 6.92 Å². The van der Waals surface area contributed by atoms with Crippen LogP contribution in [0.2, 0.25) is 0 Å². The van der Waals surface area contributed by atoms with Gasteiger partial charge < -0.3 is 0 Å². The minimum absolute atomic E-state index is 0.0173. The zero-order valence-electron chi connectivity index (χ0n) is 13.6. The Kier molecular flexibility index (Phi) is 4.46. The molecule has 0 aliphatic heterocycles. The zero-order valence-corrected chi connectivity index (χ0v) is 13.6. The van der Waals surface area contributed by atoms with E-state index in [2.05, 4.69) is 29.4 Å². The first-order valence-electron chi connectivity index (χ1n) is 8.42. The topological polar surface area (TPSA) is 39.8 Å². The van der Waals surface area contributed by atoms with E-state index >= 15 is 0 Å². The summed E-state index contributed by atoms with van der Waals surface area (Å²) in [6.07, 6.45) is 6.74. The Morgan fingerprint density at radius 3 is 2.41 bits per heavy atom. The SMILES string of the molecule is CCn1c(C)nn(Cc2ccc(C3CCCCC3)cc2)c1=O. The smallest absolute Gasteiger partial charge is 0.279 e. The summed E-state index contributed by atoms with van der Waals surface area (Å²) in [6.45, 7) is 5.08. The Morgan fingerprint density at radius 1 is 1.14 bits per heavy atom. The van der Waals surface area contributed by atoms with Gasteiger partial charge in [-0.05, 0) is 43.7 Å². The van der Waals surface area contributed by atoms with Crippen LogP contribution in [0.4, 0.5) is 0 Å². The van der Waals surface area contributed by atoms with Crippen LogP contribution in [0.15, 0.2) is 29.1 Å². The molecule has 22 heavy (non-hydrogen) atoms. The molecule has 0 bridgehead atoms. The van der Waals surface area contributed by atoms with Crippen LogP contribution >= 0.6 is 0 Å². The van der Waals surface area contributed by atoms with E-state index in [9.17, 15) is 4.79 Å². The number of nitrogens with zero attached hydrogens (tertiary/aromatic N) is 3. The first kappa shape index (κ1) is 15.1. The van der Waals surface area contributed by atoms with Crippen molar-refractivity contribution >= 4 is 0 Å². The zero-order chi connectivity index (χ0) is 15.5. The summed E-state index contributed by atoms with van der Waals surface area (Å²) < 4.78 is 3.27. The van der Waals surface area contributed by atoms with Crippen LogP contribution in [-0.2, 0) is 13.1 Å². The lowest BCUT2D eigenvalue weighted by Crippen LogP contribution is -2.25. The highest BCUT2D eigenvalue weighted by Crippen LogP contribution is 2.32. The number of aryl methyl sites for hydroxylation is 1. The van der Waals surface area contributed by atoms with Crippen molar-refractivity contribution in [3.05, 3.63) is 51.7 Å². The third-order valence-electron chi connectivity index (χ3n) is 4.81. The van der Waals surface area contributed by atoms with Crippen molar-refractivity contribution in [2.24, 2.45) is 0 Å². The quantitative estimate of drug-likeness (QED) is 0.867. The molecule has 1 saturated carbocycles. The van der Waals surface area contributed by atoms with Crippen molar-refractivity contribution < 1.29 is 0 Å². The van der Waals surface area contributed by atoms with Crippen molar-refractivity contribution in [1.29, 1.82) is 0 Å². The molecule has 1 aliphatic rings. The largest absolute Gasteiger partial charge is 0.346 e. The molecule has 118 valence electrons. The Morgan fingerprint density at radius 2 is 1.82 bits per heavy atom. The van der Waals surface area contributed by atoms with E-state index in [0.29, 0.717) is 13.1 Å². The Labute approximate surface area is 131 Å². The molecule has 0 amide bonds. The van der Waals surface area contributed by atoms with Crippen molar-refractivity contribution in [2.75, 3.05) is 0 Å². The number of hydrogen-bond acceptors (Lipinski definition) is 2. The first-order valence-corrected chi connectivity index (χ1v) is 8.42. The van der Waals surface area contributed by atoms with Crippen LogP contribution < -0.4 is 5.69 Å². The molecule has 0 radical (unpaired) electrons. The molecular formula is C18H25N3O. The van der Waals surface area contributed by atoms with Gasteiger partial charge in [-0.25, -0.2) is 9.48 Å². The van der Waals surface area contributed by atoms with E-state index < -0.39 is 0 Å². The molecule has 1 aliphatic carbocycles. The summed E-state index contributed by atoms with van der Waals surface area (Å²) in [5.41, 5.74) is 2.57. The predicted molar refractivity (Wildman–Crippen MR) is 88.3 cm³/mol. The second kappa shape index (κ2) is 6.51. The van der Waals surface area contributed by atoms with Gasteiger partial charge in [0.25, 0.3) is 0 Å². The fourth-order valence-electron chi connectivity index (χ4n) is 3.52. The number of benzene rings is 1. The molecule has 0 unspecified atom stereocenters. The second-order valence-electron chi connectivity index (χ2n) is 6.31. The van der Waals surface area contributed by atoms with Crippen LogP contribution in [0.1, 0.15) is 61.9 Å². The van der Waals surface area contributed by atoms with Crippen molar-refractivity contribution in [3.63, 3.8) is 0 Å². The normalized spacial score (nSPS) is 16.1. The maximum absolute atomic E-state index is 12.2. The summed E-state index contributed by atoms with van der Waals surface area (Å²) in [6, 6.07) is 8.77. The average molecular weight is 299 g/mol. The van der Waals surface area contributed by atoms with Gasteiger partial charge in [0.15, 0.2) is 0 Å². The van der Waals surface area contributed by atoms with E-state index in [0.717, 1.165) is 17.3 Å². The monoisotopic (exact) mass is 299 g/mol. The molecular weight excluding hydrogens is 274 g/mol. The van der Waals surface area contributed by atoms with Gasteiger partial charge >= 0.3 is 5.69 Å². The molecule has 0 N–H and O–H groups in total. The summed E-state index contributed by atoms with van der Waals surface area (Å²) in [4.78, 5) is 12.2. The summed E-state index contributed by atoms with van der Waals surface area (Å²) in [5, 5.41) is 4.36. The standard InChI is InChI=1S/C18H25N3O/c1-3-20-14(2)19-21(18(20)22)13-15-9-11-17(12-10-15)16-7-5-4-6-8-16/h9-12,16H,3-8,13H2,1-2H3. The molecule has 0 saturated heterocycles. The molecule has 0 spiro atoms. The Balaban J connectivity index is 1.75. The summed E-state index contributed by atoms with van der Waals surface area (Å²) in [7, 11) is 0. The van der Waals surface area contributed by atoms with Gasteiger partial charge in [0.1, 0.15) is 5.82 Å². The molecule has 4 nitrogen and oxygen atoms in total. The first-order chi connectivity index (χ1) is 10.7. The predicted octanol–water partition coefficient (Wildman–Crippen LogP) is 3.47. The van der Waals surface area contributed by atoms with Crippen LogP contribution in [0.25, 0.3) is 0 Å². The molecule has 1 aromatic heterocycles.